The molecule has 0 heterocycles. The molecular weight excluding hydrogens is 364 g/mol. The lowest BCUT2D eigenvalue weighted by Gasteiger charge is -2.26. The van der Waals surface area contributed by atoms with Crippen LogP contribution in [0.2, 0.25) is 0 Å². The van der Waals surface area contributed by atoms with Crippen molar-refractivity contribution in [2.45, 2.75) is 96.8 Å². The maximum absolute atomic E-state index is 5.95. The van der Waals surface area contributed by atoms with E-state index in [1.54, 1.807) is 0 Å². The van der Waals surface area contributed by atoms with Crippen LogP contribution < -0.4 is 4.74 Å². The minimum Gasteiger partial charge on any atom is -0.494 e. The number of unbranched alkanes of at least 4 members (excludes halogenated alkanes) is 7. The first-order valence-corrected chi connectivity index (χ1v) is 12.6. The van der Waals surface area contributed by atoms with E-state index in [9.17, 15) is 0 Å². The van der Waals surface area contributed by atoms with Gasteiger partial charge in [-0.2, -0.15) is 0 Å². The monoisotopic (exact) mass is 406 g/mol. The molecule has 0 bridgehead atoms. The van der Waals surface area contributed by atoms with Crippen LogP contribution in [0.3, 0.4) is 0 Å². The lowest BCUT2D eigenvalue weighted by atomic mass is 9.79. The first kappa shape index (κ1) is 22.9. The Kier molecular flexibility index (Phi) is 9.80. The average Bonchev–Trinajstić information content (AvgIpc) is 2.79. The summed E-state index contributed by atoms with van der Waals surface area (Å²) in [4.78, 5) is 0. The zero-order valence-electron chi connectivity index (χ0n) is 19.4. The van der Waals surface area contributed by atoms with E-state index in [2.05, 4.69) is 62.4 Å². The maximum atomic E-state index is 5.95. The molecule has 3 rings (SSSR count). The Morgan fingerprint density at radius 3 is 1.80 bits per heavy atom. The van der Waals surface area contributed by atoms with Gasteiger partial charge >= 0.3 is 0 Å². The molecule has 0 spiro atoms. The summed E-state index contributed by atoms with van der Waals surface area (Å²) in [5, 5.41) is 0. The zero-order chi connectivity index (χ0) is 21.0. The van der Waals surface area contributed by atoms with Gasteiger partial charge in [-0.1, -0.05) is 108 Å². The van der Waals surface area contributed by atoms with Crippen LogP contribution in [0.1, 0.15) is 102 Å². The molecule has 1 fully saturated rings. The van der Waals surface area contributed by atoms with Crippen LogP contribution in [0, 0.1) is 5.92 Å². The van der Waals surface area contributed by atoms with E-state index < -0.39 is 0 Å². The first-order chi connectivity index (χ1) is 14.8. The predicted molar refractivity (Wildman–Crippen MR) is 130 cm³/mol. The molecular formula is C29H42O. The summed E-state index contributed by atoms with van der Waals surface area (Å²) in [6.07, 6.45) is 16.2. The average molecular weight is 407 g/mol. The molecule has 1 heteroatoms. The van der Waals surface area contributed by atoms with Crippen LogP contribution in [0.25, 0.3) is 11.1 Å². The fraction of sp³-hybridized carbons (Fsp3) is 0.586. The van der Waals surface area contributed by atoms with Gasteiger partial charge in [0.15, 0.2) is 0 Å². The Bertz CT molecular complexity index is 692. The van der Waals surface area contributed by atoms with E-state index in [1.807, 2.05) is 0 Å². The van der Waals surface area contributed by atoms with Crippen LogP contribution in [0.15, 0.2) is 48.5 Å². The van der Waals surface area contributed by atoms with Gasteiger partial charge in [-0.3, -0.25) is 0 Å². The van der Waals surface area contributed by atoms with Crippen molar-refractivity contribution in [3.63, 3.8) is 0 Å². The highest BCUT2D eigenvalue weighted by Gasteiger charge is 2.19. The molecule has 1 nitrogen and oxygen atoms in total. The minimum atomic E-state index is 0.766. The Morgan fingerprint density at radius 1 is 0.667 bits per heavy atom. The summed E-state index contributed by atoms with van der Waals surface area (Å²) in [5.74, 6) is 2.67. The Morgan fingerprint density at radius 2 is 1.20 bits per heavy atom. The summed E-state index contributed by atoms with van der Waals surface area (Å²) in [7, 11) is 0. The second-order valence-electron chi connectivity index (χ2n) is 9.43. The summed E-state index contributed by atoms with van der Waals surface area (Å²) in [6.45, 7) is 5.50. The predicted octanol–water partition coefficient (Wildman–Crippen LogP) is 9.17. The molecule has 2 aromatic rings. The molecule has 0 atom stereocenters. The van der Waals surface area contributed by atoms with E-state index in [1.165, 1.54) is 87.3 Å². The standard InChI is InChI=1S/C29H42O/c1-3-4-5-6-7-8-9-10-23-30-29-21-19-28(20-22-29)27-17-15-26(16-18-27)25-13-11-24(2)12-14-25/h15-22,24-25H,3-14,23H2,1-2H3. The molecule has 0 radical (unpaired) electrons. The highest BCUT2D eigenvalue weighted by atomic mass is 16.5. The minimum absolute atomic E-state index is 0.766. The third-order valence-corrected chi connectivity index (χ3v) is 6.85. The molecule has 0 N–H and O–H groups in total. The van der Waals surface area contributed by atoms with Crippen molar-refractivity contribution in [2.24, 2.45) is 5.92 Å². The topological polar surface area (TPSA) is 9.23 Å². The van der Waals surface area contributed by atoms with Gasteiger partial charge in [-0.05, 0) is 59.9 Å². The zero-order valence-corrected chi connectivity index (χ0v) is 19.4. The van der Waals surface area contributed by atoms with E-state index in [-0.39, 0.29) is 0 Å². The second-order valence-corrected chi connectivity index (χ2v) is 9.43. The van der Waals surface area contributed by atoms with Crippen LogP contribution in [-0.2, 0) is 0 Å². The third kappa shape index (κ3) is 7.49. The molecule has 0 aliphatic heterocycles. The van der Waals surface area contributed by atoms with Crippen LogP contribution in [0.5, 0.6) is 5.75 Å². The SMILES string of the molecule is CCCCCCCCCCOc1ccc(-c2ccc(C3CCC(C)CC3)cc2)cc1. The van der Waals surface area contributed by atoms with E-state index in [4.69, 9.17) is 4.74 Å². The van der Waals surface area contributed by atoms with Crippen LogP contribution in [-0.4, -0.2) is 6.61 Å². The van der Waals surface area contributed by atoms with Crippen LogP contribution >= 0.6 is 0 Å². The van der Waals surface area contributed by atoms with E-state index in [0.717, 1.165) is 30.6 Å². The molecule has 0 unspecified atom stereocenters. The van der Waals surface area contributed by atoms with Crippen molar-refractivity contribution in [1.29, 1.82) is 0 Å². The second kappa shape index (κ2) is 12.8. The lowest BCUT2D eigenvalue weighted by molar-refractivity contribution is 0.304. The van der Waals surface area contributed by atoms with Crippen molar-refractivity contribution in [1.82, 2.24) is 0 Å². The van der Waals surface area contributed by atoms with Gasteiger partial charge in [0, 0.05) is 0 Å². The molecule has 1 aliphatic carbocycles. The molecule has 0 aromatic heterocycles. The van der Waals surface area contributed by atoms with Crippen molar-refractivity contribution in [3.8, 4) is 16.9 Å². The van der Waals surface area contributed by atoms with Crippen molar-refractivity contribution >= 4 is 0 Å². The Labute approximate surface area is 185 Å². The Balaban J connectivity index is 1.38. The molecule has 0 saturated heterocycles. The molecule has 0 amide bonds. The highest BCUT2D eigenvalue weighted by Crippen LogP contribution is 2.36. The third-order valence-electron chi connectivity index (χ3n) is 6.85. The van der Waals surface area contributed by atoms with Gasteiger partial charge in [0.2, 0.25) is 0 Å². The largest absolute Gasteiger partial charge is 0.494 e. The molecule has 1 saturated carbocycles. The van der Waals surface area contributed by atoms with E-state index in [0.29, 0.717) is 0 Å². The quantitative estimate of drug-likeness (QED) is 0.319. The van der Waals surface area contributed by atoms with Gasteiger partial charge in [0.25, 0.3) is 0 Å². The molecule has 164 valence electrons. The maximum Gasteiger partial charge on any atom is 0.119 e. The van der Waals surface area contributed by atoms with Crippen molar-refractivity contribution in [2.75, 3.05) is 6.61 Å². The molecule has 2 aromatic carbocycles. The van der Waals surface area contributed by atoms with Gasteiger partial charge in [0.1, 0.15) is 5.75 Å². The summed E-state index contributed by atoms with van der Waals surface area (Å²) in [6, 6.07) is 17.9. The fourth-order valence-corrected chi connectivity index (χ4v) is 4.71. The van der Waals surface area contributed by atoms with Gasteiger partial charge in [-0.25, -0.2) is 0 Å². The van der Waals surface area contributed by atoms with Crippen LogP contribution in [0.4, 0.5) is 0 Å². The molecule has 1 aliphatic rings. The Hall–Kier alpha value is -1.76. The number of rotatable bonds is 12. The lowest BCUT2D eigenvalue weighted by Crippen LogP contribution is -2.10. The van der Waals surface area contributed by atoms with Gasteiger partial charge in [0.05, 0.1) is 6.61 Å². The smallest absolute Gasteiger partial charge is 0.119 e. The molecule has 30 heavy (non-hydrogen) atoms. The summed E-state index contributed by atoms with van der Waals surface area (Å²) >= 11 is 0. The van der Waals surface area contributed by atoms with Crippen molar-refractivity contribution < 1.29 is 4.74 Å². The number of hydrogen-bond donors (Lipinski definition) is 0. The number of hydrogen-bond acceptors (Lipinski definition) is 1. The normalized spacial score (nSPS) is 19.0. The van der Waals surface area contributed by atoms with Crippen molar-refractivity contribution in [3.05, 3.63) is 54.1 Å². The first-order valence-electron chi connectivity index (χ1n) is 12.6. The summed E-state index contributed by atoms with van der Waals surface area (Å²) in [5.41, 5.74) is 4.10. The van der Waals surface area contributed by atoms with E-state index >= 15 is 0 Å². The number of ether oxygens (including phenoxy) is 1. The van der Waals surface area contributed by atoms with Gasteiger partial charge < -0.3 is 4.74 Å². The fourth-order valence-electron chi connectivity index (χ4n) is 4.71. The number of benzene rings is 2. The highest BCUT2D eigenvalue weighted by molar-refractivity contribution is 5.64. The van der Waals surface area contributed by atoms with Gasteiger partial charge in [-0.15, -0.1) is 0 Å². The summed E-state index contributed by atoms with van der Waals surface area (Å²) < 4.78 is 5.95.